The number of rotatable bonds is 3. The second-order valence-electron chi connectivity index (χ2n) is 6.62. The summed E-state index contributed by atoms with van der Waals surface area (Å²) in [6.07, 6.45) is 4.80. The Labute approximate surface area is 140 Å². The van der Waals surface area contributed by atoms with E-state index >= 15 is 0 Å². The molecule has 24 heavy (non-hydrogen) atoms. The van der Waals surface area contributed by atoms with Crippen LogP contribution < -0.4 is 0 Å². The van der Waals surface area contributed by atoms with Gasteiger partial charge in [0.1, 0.15) is 5.82 Å². The van der Waals surface area contributed by atoms with Crippen LogP contribution in [-0.2, 0) is 0 Å². The van der Waals surface area contributed by atoms with Crippen LogP contribution in [0.2, 0.25) is 0 Å². The maximum absolute atomic E-state index is 11.3. The van der Waals surface area contributed by atoms with Crippen molar-refractivity contribution < 1.29 is 9.90 Å². The first-order valence-electron chi connectivity index (χ1n) is 8.46. The Morgan fingerprint density at radius 1 is 1.12 bits per heavy atom. The first-order chi connectivity index (χ1) is 11.6. The van der Waals surface area contributed by atoms with Crippen molar-refractivity contribution in [2.45, 2.75) is 38.6 Å². The molecule has 0 aliphatic heterocycles. The summed E-state index contributed by atoms with van der Waals surface area (Å²) in [4.78, 5) is 16.1. The van der Waals surface area contributed by atoms with Crippen LogP contribution >= 0.6 is 0 Å². The lowest BCUT2D eigenvalue weighted by Gasteiger charge is -2.16. The third kappa shape index (κ3) is 2.48. The maximum atomic E-state index is 11.3. The molecule has 1 saturated carbocycles. The van der Waals surface area contributed by atoms with Crippen LogP contribution in [0.1, 0.15) is 47.6 Å². The van der Waals surface area contributed by atoms with E-state index in [1.54, 1.807) is 12.1 Å². The second-order valence-corrected chi connectivity index (χ2v) is 6.62. The molecule has 1 aromatic heterocycles. The van der Waals surface area contributed by atoms with E-state index in [-0.39, 0.29) is 5.56 Å². The number of carboxylic acids is 1. The molecule has 0 bridgehead atoms. The van der Waals surface area contributed by atoms with Crippen molar-refractivity contribution in [3.05, 3.63) is 53.6 Å². The number of benzene rings is 2. The van der Waals surface area contributed by atoms with Gasteiger partial charge in [0.15, 0.2) is 0 Å². The Morgan fingerprint density at radius 3 is 2.50 bits per heavy atom. The van der Waals surface area contributed by atoms with Crippen LogP contribution in [0.3, 0.4) is 0 Å². The van der Waals surface area contributed by atoms with Gasteiger partial charge in [-0.15, -0.1) is 0 Å². The van der Waals surface area contributed by atoms with Crippen molar-refractivity contribution >= 4 is 17.0 Å². The topological polar surface area (TPSA) is 55.1 Å². The van der Waals surface area contributed by atoms with E-state index in [1.165, 1.54) is 18.4 Å². The molecule has 0 saturated heterocycles. The molecular formula is C20H20N2O2. The maximum Gasteiger partial charge on any atom is 0.335 e. The quantitative estimate of drug-likeness (QED) is 0.752. The lowest BCUT2D eigenvalue weighted by atomic mass is 10.1. The molecule has 4 heteroatoms. The average molecular weight is 320 g/mol. The highest BCUT2D eigenvalue weighted by Crippen LogP contribution is 2.37. The van der Waals surface area contributed by atoms with Gasteiger partial charge >= 0.3 is 5.97 Å². The number of aromatic nitrogens is 2. The van der Waals surface area contributed by atoms with Gasteiger partial charge in [-0.25, -0.2) is 9.78 Å². The van der Waals surface area contributed by atoms with Gasteiger partial charge in [0.05, 0.1) is 16.6 Å². The number of hydrogen-bond donors (Lipinski definition) is 1. The molecule has 122 valence electrons. The van der Waals surface area contributed by atoms with Crippen LogP contribution in [-0.4, -0.2) is 20.6 Å². The highest BCUT2D eigenvalue weighted by atomic mass is 16.4. The minimum Gasteiger partial charge on any atom is -0.478 e. The van der Waals surface area contributed by atoms with E-state index in [9.17, 15) is 9.90 Å². The van der Waals surface area contributed by atoms with Crippen molar-refractivity contribution in [1.29, 1.82) is 0 Å². The molecule has 1 aliphatic rings. The molecule has 1 aliphatic carbocycles. The zero-order chi connectivity index (χ0) is 16.7. The molecule has 4 rings (SSSR count). The molecule has 1 heterocycles. The van der Waals surface area contributed by atoms with Crippen molar-refractivity contribution in [3.63, 3.8) is 0 Å². The smallest absolute Gasteiger partial charge is 0.335 e. The van der Waals surface area contributed by atoms with Gasteiger partial charge in [-0.05, 0) is 38.0 Å². The number of fused-ring (bicyclic) bond motifs is 1. The van der Waals surface area contributed by atoms with Crippen LogP contribution in [0, 0.1) is 6.92 Å². The first-order valence-corrected chi connectivity index (χ1v) is 8.46. The normalized spacial score (nSPS) is 15.2. The average Bonchev–Trinajstić information content (AvgIpc) is 3.21. The summed E-state index contributed by atoms with van der Waals surface area (Å²) in [6, 6.07) is 14.1. The van der Waals surface area contributed by atoms with Gasteiger partial charge in [-0.3, -0.25) is 0 Å². The van der Waals surface area contributed by atoms with Gasteiger partial charge in [0.2, 0.25) is 0 Å². The highest BCUT2D eigenvalue weighted by molar-refractivity contribution is 5.93. The summed E-state index contributed by atoms with van der Waals surface area (Å²) in [5.41, 5.74) is 4.38. The van der Waals surface area contributed by atoms with Crippen LogP contribution in [0.25, 0.3) is 22.4 Å². The monoisotopic (exact) mass is 320 g/mol. The lowest BCUT2D eigenvalue weighted by Crippen LogP contribution is -2.06. The van der Waals surface area contributed by atoms with E-state index in [2.05, 4.69) is 35.8 Å². The Morgan fingerprint density at radius 2 is 1.83 bits per heavy atom. The van der Waals surface area contributed by atoms with Crippen molar-refractivity contribution in [2.24, 2.45) is 0 Å². The van der Waals surface area contributed by atoms with Crippen molar-refractivity contribution in [2.75, 3.05) is 0 Å². The van der Waals surface area contributed by atoms with Crippen molar-refractivity contribution in [3.8, 4) is 11.4 Å². The van der Waals surface area contributed by atoms with Gasteiger partial charge in [0.25, 0.3) is 0 Å². The summed E-state index contributed by atoms with van der Waals surface area (Å²) in [6.45, 7) is 2.07. The fourth-order valence-electron chi connectivity index (χ4n) is 3.67. The molecular weight excluding hydrogens is 300 g/mol. The van der Waals surface area contributed by atoms with E-state index < -0.39 is 5.97 Å². The number of carboxylic acid groups (broad SMARTS) is 1. The second kappa shape index (κ2) is 5.78. The Kier molecular flexibility index (Phi) is 3.60. The third-order valence-corrected chi connectivity index (χ3v) is 4.94. The molecule has 0 spiro atoms. The highest BCUT2D eigenvalue weighted by Gasteiger charge is 2.23. The summed E-state index contributed by atoms with van der Waals surface area (Å²) >= 11 is 0. The van der Waals surface area contributed by atoms with E-state index in [1.807, 2.05) is 6.07 Å². The summed E-state index contributed by atoms with van der Waals surface area (Å²) in [7, 11) is 0. The van der Waals surface area contributed by atoms with Gasteiger partial charge in [-0.1, -0.05) is 42.7 Å². The Bertz CT molecular complexity index is 903. The molecule has 0 atom stereocenters. The minimum absolute atomic E-state index is 0.286. The zero-order valence-electron chi connectivity index (χ0n) is 13.7. The van der Waals surface area contributed by atoms with Crippen LogP contribution in [0.4, 0.5) is 0 Å². The van der Waals surface area contributed by atoms with Crippen LogP contribution in [0.5, 0.6) is 0 Å². The fourth-order valence-corrected chi connectivity index (χ4v) is 3.67. The SMILES string of the molecule is Cc1ccc(-c2nc3cc(C(=O)O)ccc3n2C2CCCC2)cc1. The largest absolute Gasteiger partial charge is 0.478 e. The fraction of sp³-hybridized carbons (Fsp3) is 0.300. The Balaban J connectivity index is 1.94. The standard InChI is InChI=1S/C20H20N2O2/c1-13-6-8-14(9-7-13)19-21-17-12-15(20(23)24)10-11-18(17)22(19)16-4-2-3-5-16/h6-12,16H,2-5H2,1H3,(H,23,24). The molecule has 2 aromatic carbocycles. The third-order valence-electron chi connectivity index (χ3n) is 4.94. The molecule has 3 aromatic rings. The molecule has 4 nitrogen and oxygen atoms in total. The number of hydrogen-bond acceptors (Lipinski definition) is 2. The summed E-state index contributed by atoms with van der Waals surface area (Å²) in [5, 5.41) is 9.24. The number of nitrogens with zero attached hydrogens (tertiary/aromatic N) is 2. The van der Waals surface area contributed by atoms with Gasteiger partial charge in [0, 0.05) is 11.6 Å². The predicted octanol–water partition coefficient (Wildman–Crippen LogP) is 4.83. The number of carbonyl (C=O) groups is 1. The Hall–Kier alpha value is -2.62. The first kappa shape index (κ1) is 14.9. The molecule has 0 unspecified atom stereocenters. The van der Waals surface area contributed by atoms with Gasteiger partial charge < -0.3 is 9.67 Å². The molecule has 1 N–H and O–H groups in total. The molecule has 0 amide bonds. The number of imidazole rings is 1. The number of aromatic carboxylic acids is 1. The minimum atomic E-state index is -0.913. The van der Waals surface area contributed by atoms with Crippen molar-refractivity contribution in [1.82, 2.24) is 9.55 Å². The summed E-state index contributed by atoms with van der Waals surface area (Å²) < 4.78 is 2.32. The van der Waals surface area contributed by atoms with E-state index in [0.29, 0.717) is 6.04 Å². The molecule has 0 radical (unpaired) electrons. The molecule has 1 fully saturated rings. The number of aryl methyl sites for hydroxylation is 1. The predicted molar refractivity (Wildman–Crippen MR) is 94.4 cm³/mol. The van der Waals surface area contributed by atoms with Gasteiger partial charge in [-0.2, -0.15) is 0 Å². The van der Waals surface area contributed by atoms with Crippen LogP contribution in [0.15, 0.2) is 42.5 Å². The van der Waals surface area contributed by atoms with E-state index in [4.69, 9.17) is 4.98 Å². The van der Waals surface area contributed by atoms with E-state index in [0.717, 1.165) is 35.3 Å². The lowest BCUT2D eigenvalue weighted by molar-refractivity contribution is 0.0697. The zero-order valence-corrected chi connectivity index (χ0v) is 13.7. The summed E-state index contributed by atoms with van der Waals surface area (Å²) in [5.74, 6) is 0.0311.